The minimum Gasteiger partial charge on any atom is -0.242 e. The van der Waals surface area contributed by atoms with E-state index in [0.29, 0.717) is 12.0 Å². The molecule has 3 aromatic carbocycles. The van der Waals surface area contributed by atoms with Crippen molar-refractivity contribution in [2.75, 3.05) is 0 Å². The molecule has 0 aromatic heterocycles. The molecule has 0 bridgehead atoms. The molecule has 2 heteroatoms. The highest BCUT2D eigenvalue weighted by Crippen LogP contribution is 2.22. The quantitative estimate of drug-likeness (QED) is 0.487. The summed E-state index contributed by atoms with van der Waals surface area (Å²) in [6.45, 7) is 0. The molecule has 0 aliphatic heterocycles. The molecule has 3 aromatic rings. The first-order valence-electron chi connectivity index (χ1n) is 7.92. The van der Waals surface area contributed by atoms with Crippen molar-refractivity contribution < 1.29 is 8.78 Å². The highest BCUT2D eigenvalue weighted by Gasteiger charge is 2.09. The Labute approximate surface area is 141 Å². The summed E-state index contributed by atoms with van der Waals surface area (Å²) in [7, 11) is 0. The van der Waals surface area contributed by atoms with Crippen molar-refractivity contribution in [3.8, 4) is 0 Å². The average molecular weight is 320 g/mol. The maximum Gasteiger partial charge on any atom is 0.129 e. The van der Waals surface area contributed by atoms with Gasteiger partial charge in [0.15, 0.2) is 0 Å². The van der Waals surface area contributed by atoms with E-state index >= 15 is 0 Å². The molecule has 0 aliphatic rings. The smallest absolute Gasteiger partial charge is 0.129 e. The maximum absolute atomic E-state index is 14.3. The van der Waals surface area contributed by atoms with Crippen LogP contribution in [-0.4, -0.2) is 0 Å². The van der Waals surface area contributed by atoms with Crippen molar-refractivity contribution >= 4 is 12.2 Å². The number of halogens is 2. The molecule has 1 atom stereocenters. The van der Waals surface area contributed by atoms with E-state index in [1.165, 1.54) is 12.1 Å². The summed E-state index contributed by atoms with van der Waals surface area (Å²) >= 11 is 0. The number of benzene rings is 3. The van der Waals surface area contributed by atoms with Gasteiger partial charge in [0.2, 0.25) is 0 Å². The fourth-order valence-electron chi connectivity index (χ4n) is 2.52. The van der Waals surface area contributed by atoms with Crippen LogP contribution >= 0.6 is 0 Å². The number of hydrogen-bond donors (Lipinski definition) is 0. The van der Waals surface area contributed by atoms with Crippen LogP contribution in [0.3, 0.4) is 0 Å². The zero-order chi connectivity index (χ0) is 16.8. The molecule has 24 heavy (non-hydrogen) atoms. The zero-order valence-electron chi connectivity index (χ0n) is 13.2. The Balaban J connectivity index is 1.64. The van der Waals surface area contributed by atoms with E-state index in [9.17, 15) is 8.78 Å². The number of hydrogen-bond acceptors (Lipinski definition) is 0. The van der Waals surface area contributed by atoms with Crippen molar-refractivity contribution in [3.63, 3.8) is 0 Å². The molecule has 120 valence electrons. The summed E-state index contributed by atoms with van der Waals surface area (Å²) in [6.07, 6.45) is 3.26. The molecule has 0 radical (unpaired) electrons. The van der Waals surface area contributed by atoms with E-state index in [1.807, 2.05) is 66.7 Å². The first-order chi connectivity index (χ1) is 11.7. The van der Waals surface area contributed by atoms with E-state index in [1.54, 1.807) is 12.1 Å². The lowest BCUT2D eigenvalue weighted by Crippen LogP contribution is -1.96. The largest absolute Gasteiger partial charge is 0.242 e. The van der Waals surface area contributed by atoms with Gasteiger partial charge in [-0.15, -0.1) is 0 Å². The molecule has 0 amide bonds. The first kappa shape index (κ1) is 16.1. The Kier molecular flexibility index (Phi) is 5.17. The van der Waals surface area contributed by atoms with E-state index in [-0.39, 0.29) is 5.82 Å². The Morgan fingerprint density at radius 3 is 1.83 bits per heavy atom. The summed E-state index contributed by atoms with van der Waals surface area (Å²) in [5.74, 6) is -0.240. The molecule has 3 rings (SSSR count). The lowest BCUT2D eigenvalue weighted by molar-refractivity contribution is 0.342. The molecular formula is C22H18F2. The van der Waals surface area contributed by atoms with Gasteiger partial charge in [-0.3, -0.25) is 0 Å². The second-order valence-corrected chi connectivity index (χ2v) is 5.71. The summed E-state index contributed by atoms with van der Waals surface area (Å²) in [5.41, 5.74) is 3.63. The Bertz CT molecular complexity index is 788. The Hall–Kier alpha value is -2.74. The maximum atomic E-state index is 14.3. The third kappa shape index (κ3) is 4.39. The molecule has 0 spiro atoms. The Morgan fingerprint density at radius 2 is 1.25 bits per heavy atom. The molecule has 0 saturated carbocycles. The standard InChI is InChI=1S/C22H18F2/c23-21-14-12-18(13-15-21)7-6-17-8-10-19(11-9-17)16-22(24)20-4-2-1-3-5-20/h1-15,22H,16H2/t22-/m1/s1. The molecule has 0 unspecified atom stereocenters. The SMILES string of the molecule is Fc1ccc(C=Cc2ccc(C[C@@H](F)c3ccccc3)cc2)cc1. The van der Waals surface area contributed by atoms with E-state index in [2.05, 4.69) is 0 Å². The van der Waals surface area contributed by atoms with Crippen molar-refractivity contribution in [2.24, 2.45) is 0 Å². The van der Waals surface area contributed by atoms with E-state index in [0.717, 1.165) is 16.7 Å². The van der Waals surface area contributed by atoms with Gasteiger partial charge < -0.3 is 0 Å². The minimum atomic E-state index is -0.994. The predicted molar refractivity (Wildman–Crippen MR) is 95.8 cm³/mol. The molecule has 0 N–H and O–H groups in total. The van der Waals surface area contributed by atoms with Crippen LogP contribution in [0.1, 0.15) is 28.4 Å². The lowest BCUT2D eigenvalue weighted by Gasteiger charge is -2.08. The van der Waals surface area contributed by atoms with Gasteiger partial charge in [-0.05, 0) is 34.4 Å². The van der Waals surface area contributed by atoms with E-state index < -0.39 is 6.17 Å². The fourth-order valence-corrected chi connectivity index (χ4v) is 2.52. The van der Waals surface area contributed by atoms with Crippen LogP contribution in [0.4, 0.5) is 8.78 Å². The fraction of sp³-hybridized carbons (Fsp3) is 0.0909. The molecule has 0 heterocycles. The monoisotopic (exact) mass is 320 g/mol. The molecule has 0 saturated heterocycles. The number of rotatable bonds is 5. The van der Waals surface area contributed by atoms with Crippen LogP contribution in [-0.2, 0) is 6.42 Å². The van der Waals surface area contributed by atoms with Gasteiger partial charge in [0.25, 0.3) is 0 Å². The van der Waals surface area contributed by atoms with Gasteiger partial charge in [0, 0.05) is 6.42 Å². The van der Waals surface area contributed by atoms with Gasteiger partial charge in [0.05, 0.1) is 0 Å². The third-order valence-corrected chi connectivity index (χ3v) is 3.89. The Morgan fingerprint density at radius 1 is 0.708 bits per heavy atom. The second kappa shape index (κ2) is 7.69. The van der Waals surface area contributed by atoms with Crippen molar-refractivity contribution in [2.45, 2.75) is 12.6 Å². The lowest BCUT2D eigenvalue weighted by atomic mass is 10.0. The second-order valence-electron chi connectivity index (χ2n) is 5.71. The van der Waals surface area contributed by atoms with Crippen molar-refractivity contribution in [1.29, 1.82) is 0 Å². The van der Waals surface area contributed by atoms with Gasteiger partial charge in [-0.1, -0.05) is 78.9 Å². The minimum absolute atomic E-state index is 0.240. The number of alkyl halides is 1. The van der Waals surface area contributed by atoms with Gasteiger partial charge >= 0.3 is 0 Å². The predicted octanol–water partition coefficient (Wildman–Crippen LogP) is 6.25. The molecule has 0 aliphatic carbocycles. The molecule has 0 nitrogen and oxygen atoms in total. The molecule has 0 fully saturated rings. The highest BCUT2D eigenvalue weighted by atomic mass is 19.1. The normalized spacial score (nSPS) is 12.4. The summed E-state index contributed by atoms with van der Waals surface area (Å²) in [5, 5.41) is 0. The highest BCUT2D eigenvalue weighted by molar-refractivity contribution is 5.69. The molecular weight excluding hydrogens is 302 g/mol. The van der Waals surface area contributed by atoms with Gasteiger partial charge in [-0.25, -0.2) is 8.78 Å². The zero-order valence-corrected chi connectivity index (χ0v) is 13.2. The van der Waals surface area contributed by atoms with Crippen LogP contribution < -0.4 is 0 Å². The first-order valence-corrected chi connectivity index (χ1v) is 7.92. The summed E-state index contributed by atoms with van der Waals surface area (Å²) < 4.78 is 27.1. The van der Waals surface area contributed by atoms with Crippen molar-refractivity contribution in [1.82, 2.24) is 0 Å². The summed E-state index contributed by atoms with van der Waals surface area (Å²) in [4.78, 5) is 0. The van der Waals surface area contributed by atoms with Crippen LogP contribution in [0.2, 0.25) is 0 Å². The topological polar surface area (TPSA) is 0 Å². The van der Waals surface area contributed by atoms with Crippen LogP contribution in [0.5, 0.6) is 0 Å². The van der Waals surface area contributed by atoms with E-state index in [4.69, 9.17) is 0 Å². The third-order valence-electron chi connectivity index (χ3n) is 3.89. The van der Waals surface area contributed by atoms with Crippen LogP contribution in [0.25, 0.3) is 12.2 Å². The average Bonchev–Trinajstić information content (AvgIpc) is 2.63. The van der Waals surface area contributed by atoms with Crippen LogP contribution in [0.15, 0.2) is 78.9 Å². The summed E-state index contributed by atoms with van der Waals surface area (Å²) in [6, 6.07) is 23.4. The van der Waals surface area contributed by atoms with Gasteiger partial charge in [-0.2, -0.15) is 0 Å². The van der Waals surface area contributed by atoms with Crippen LogP contribution in [0, 0.1) is 5.82 Å². The van der Waals surface area contributed by atoms with Gasteiger partial charge in [0.1, 0.15) is 12.0 Å². The van der Waals surface area contributed by atoms with Crippen molar-refractivity contribution in [3.05, 3.63) is 107 Å².